The van der Waals surface area contributed by atoms with Crippen molar-refractivity contribution in [3.8, 4) is 83.6 Å². The predicted octanol–water partition coefficient (Wildman–Crippen LogP) is 28.3. The molecule has 15 aromatic rings. The monoisotopic (exact) mass is 1450 g/mol. The highest BCUT2D eigenvalue weighted by Gasteiger charge is 2.47. The third kappa shape index (κ3) is 13.1. The summed E-state index contributed by atoms with van der Waals surface area (Å²) in [5.41, 5.74) is 37.3. The molecule has 3 nitrogen and oxygen atoms in total. The van der Waals surface area contributed by atoms with Crippen LogP contribution in [0.15, 0.2) is 303 Å². The average molecular weight is 1450 g/mol. The second kappa shape index (κ2) is 27.2. The molecule has 0 fully saturated rings. The first-order valence-corrected chi connectivity index (χ1v) is 40.4. The van der Waals surface area contributed by atoms with Crippen LogP contribution in [0, 0.1) is 0 Å². The number of anilines is 6. The number of fused-ring (bicyclic) bond motifs is 7. The Morgan fingerprint density at radius 1 is 0.223 bits per heavy atom. The van der Waals surface area contributed by atoms with Gasteiger partial charge in [-0.3, -0.25) is 0 Å². The molecule has 0 saturated carbocycles. The molecule has 2 aliphatic heterocycles. The van der Waals surface area contributed by atoms with Gasteiger partial charge in [0.1, 0.15) is 0 Å². The van der Waals surface area contributed by atoms with Crippen LogP contribution in [0.4, 0.5) is 34.1 Å². The molecule has 0 unspecified atom stereocenters. The molecule has 2 aliphatic rings. The number of rotatable bonds is 10. The van der Waals surface area contributed by atoms with Crippen molar-refractivity contribution in [3.63, 3.8) is 0 Å². The average Bonchev–Trinajstić information content (AvgIpc) is 0.745. The fourth-order valence-corrected chi connectivity index (χ4v) is 17.4. The van der Waals surface area contributed by atoms with Crippen molar-refractivity contribution in [2.45, 2.75) is 157 Å². The highest BCUT2D eigenvalue weighted by atomic mass is 15.2. The molecule has 1 aromatic heterocycles. The molecule has 0 saturated heterocycles. The molecule has 0 amide bonds. The van der Waals surface area contributed by atoms with Crippen LogP contribution in [-0.2, 0) is 32.5 Å². The van der Waals surface area contributed by atoms with Crippen LogP contribution in [0.3, 0.4) is 0 Å². The van der Waals surface area contributed by atoms with Crippen molar-refractivity contribution in [2.75, 3.05) is 9.80 Å². The molecule has 554 valence electrons. The van der Waals surface area contributed by atoms with Crippen molar-refractivity contribution < 1.29 is 0 Å². The van der Waals surface area contributed by atoms with Gasteiger partial charge in [-0.2, -0.15) is 0 Å². The normalized spacial score (nSPS) is 13.2. The highest BCUT2D eigenvalue weighted by Crippen LogP contribution is 2.57. The first kappa shape index (κ1) is 73.4. The number of benzene rings is 14. The summed E-state index contributed by atoms with van der Waals surface area (Å²) in [6.45, 7) is 42.3. The summed E-state index contributed by atoms with van der Waals surface area (Å²) in [7, 11) is 0. The standard InChI is InChI=1S/C108H104BN3/c1-103(2,3)78-55-75(56-79(63-78)104(4,5)6)73-52-54-94-92(59-73)109-91-53-51-74(76-57-80(105(7,8)9)64-81(58-76)106(10,11)12)60-96(91)112(102-89(71-41-28-21-29-42-71)67-83(108(16,17)18)68-90(102)72-43-30-22-31-44-72)98-62-77(85-48-36-50-95-99(85)86-47-34-35-49-93(86)110(95)84-45-32-23-33-46-84)61-97(100(98)109)111(94)101-87(69-37-24-19-25-38-69)65-82(107(13,14)15)66-88(101)70-39-26-20-27-40-70/h19-68H,1-18H3. The van der Waals surface area contributed by atoms with Gasteiger partial charge in [0.2, 0.25) is 0 Å². The van der Waals surface area contributed by atoms with Crippen molar-refractivity contribution in [2.24, 2.45) is 0 Å². The number of para-hydroxylation sites is 2. The van der Waals surface area contributed by atoms with E-state index in [-0.39, 0.29) is 39.2 Å². The minimum absolute atomic E-state index is 0.111. The van der Waals surface area contributed by atoms with Crippen molar-refractivity contribution in [1.29, 1.82) is 0 Å². The van der Waals surface area contributed by atoms with E-state index in [2.05, 4.69) is 442 Å². The van der Waals surface area contributed by atoms with Gasteiger partial charge in [-0.1, -0.05) is 355 Å². The highest BCUT2D eigenvalue weighted by molar-refractivity contribution is 7.00. The van der Waals surface area contributed by atoms with Gasteiger partial charge >= 0.3 is 0 Å². The van der Waals surface area contributed by atoms with Crippen molar-refractivity contribution >= 4 is 79.0 Å². The summed E-state index contributed by atoms with van der Waals surface area (Å²) < 4.78 is 2.47. The van der Waals surface area contributed by atoms with Gasteiger partial charge in [0.25, 0.3) is 6.71 Å². The molecule has 14 aromatic carbocycles. The van der Waals surface area contributed by atoms with Crippen LogP contribution < -0.4 is 26.2 Å². The van der Waals surface area contributed by atoms with Crippen LogP contribution in [-0.4, -0.2) is 11.3 Å². The van der Waals surface area contributed by atoms with Crippen LogP contribution in [0.25, 0.3) is 105 Å². The van der Waals surface area contributed by atoms with Gasteiger partial charge in [-0.15, -0.1) is 0 Å². The summed E-state index contributed by atoms with van der Waals surface area (Å²) in [5, 5.41) is 2.41. The van der Waals surface area contributed by atoms with E-state index in [1.165, 1.54) is 93.9 Å². The van der Waals surface area contributed by atoms with Crippen molar-refractivity contribution in [1.82, 2.24) is 4.57 Å². The minimum atomic E-state index is -0.288. The zero-order valence-corrected chi connectivity index (χ0v) is 68.8. The smallest absolute Gasteiger partial charge is 0.252 e. The van der Waals surface area contributed by atoms with E-state index in [1.54, 1.807) is 0 Å². The van der Waals surface area contributed by atoms with E-state index in [9.17, 15) is 0 Å². The summed E-state index contributed by atoms with van der Waals surface area (Å²) in [5.74, 6) is 0. The molecule has 0 radical (unpaired) electrons. The lowest BCUT2D eigenvalue weighted by Crippen LogP contribution is -2.61. The summed E-state index contributed by atoms with van der Waals surface area (Å²) >= 11 is 0. The lowest BCUT2D eigenvalue weighted by Gasteiger charge is -2.46. The first-order chi connectivity index (χ1) is 53.3. The van der Waals surface area contributed by atoms with E-state index in [1.807, 2.05) is 0 Å². The van der Waals surface area contributed by atoms with E-state index in [0.717, 1.165) is 95.4 Å². The third-order valence-corrected chi connectivity index (χ3v) is 23.8. The third-order valence-electron chi connectivity index (χ3n) is 23.8. The Bertz CT molecular complexity index is 5970. The fraction of sp³-hybridized carbons (Fsp3) is 0.222. The molecule has 0 bridgehead atoms. The zero-order valence-electron chi connectivity index (χ0n) is 68.8. The number of hydrogen-bond donors (Lipinski definition) is 0. The van der Waals surface area contributed by atoms with Crippen LogP contribution >= 0.6 is 0 Å². The summed E-state index contributed by atoms with van der Waals surface area (Å²) in [6, 6.07) is 118. The minimum Gasteiger partial charge on any atom is -0.310 e. The van der Waals surface area contributed by atoms with Gasteiger partial charge in [0.05, 0.1) is 22.4 Å². The SMILES string of the molecule is CC(C)(C)c1cc(-c2ccc3c(c2)B2c4ccc(-c5cc(C(C)(C)C)cc(C(C)(C)C)c5)cc4N(c4c(-c5ccccc5)cc(C(C)(C)C)cc4-c4ccccc4)c4cc(-c5cccc6c5c5ccccc5n6-c5ccccc5)cc(c42)N3c2c(-c3ccccc3)cc(C(C)(C)C)cc2-c2ccccc2)cc(C(C)(C)C)c1. The topological polar surface area (TPSA) is 11.4 Å². The summed E-state index contributed by atoms with van der Waals surface area (Å²) in [4.78, 5) is 5.52. The molecule has 112 heavy (non-hydrogen) atoms. The number of hydrogen-bond acceptors (Lipinski definition) is 2. The lowest BCUT2D eigenvalue weighted by atomic mass is 9.33. The molecule has 0 N–H and O–H groups in total. The maximum atomic E-state index is 2.77. The second-order valence-corrected chi connectivity index (χ2v) is 37.9. The maximum absolute atomic E-state index is 2.77. The Hall–Kier alpha value is -11.5. The fourth-order valence-electron chi connectivity index (χ4n) is 17.4. The van der Waals surface area contributed by atoms with Gasteiger partial charge in [0.15, 0.2) is 0 Å². The molecular weight excluding hydrogens is 1350 g/mol. The first-order valence-electron chi connectivity index (χ1n) is 40.4. The van der Waals surface area contributed by atoms with E-state index in [0.29, 0.717) is 0 Å². The zero-order chi connectivity index (χ0) is 78.3. The van der Waals surface area contributed by atoms with Crippen LogP contribution in [0.1, 0.15) is 158 Å². The van der Waals surface area contributed by atoms with E-state index in [4.69, 9.17) is 0 Å². The van der Waals surface area contributed by atoms with Gasteiger partial charge in [0, 0.05) is 61.5 Å². The van der Waals surface area contributed by atoms with Crippen LogP contribution in [0.5, 0.6) is 0 Å². The Balaban J connectivity index is 1.11. The molecule has 17 rings (SSSR count). The molecule has 3 heterocycles. The largest absolute Gasteiger partial charge is 0.310 e. The van der Waals surface area contributed by atoms with E-state index >= 15 is 0 Å². The second-order valence-electron chi connectivity index (χ2n) is 37.9. The Morgan fingerprint density at radius 3 is 0.991 bits per heavy atom. The van der Waals surface area contributed by atoms with Gasteiger partial charge in [-0.25, -0.2) is 0 Å². The number of aromatic nitrogens is 1. The van der Waals surface area contributed by atoms with E-state index < -0.39 is 0 Å². The molecule has 0 spiro atoms. The van der Waals surface area contributed by atoms with Crippen molar-refractivity contribution in [3.05, 3.63) is 337 Å². The number of nitrogens with zero attached hydrogens (tertiary/aromatic N) is 3. The Kier molecular flexibility index (Phi) is 17.8. The summed E-state index contributed by atoms with van der Waals surface area (Å²) in [6.07, 6.45) is 0. The van der Waals surface area contributed by atoms with Gasteiger partial charge < -0.3 is 14.4 Å². The predicted molar refractivity (Wildman–Crippen MR) is 485 cm³/mol. The Morgan fingerprint density at radius 2 is 0.571 bits per heavy atom. The molecular formula is C108H104BN3. The van der Waals surface area contributed by atoms with Crippen LogP contribution in [0.2, 0.25) is 0 Å². The molecule has 4 heteroatoms. The molecule has 0 aliphatic carbocycles. The molecule has 0 atom stereocenters. The van der Waals surface area contributed by atoms with Gasteiger partial charge in [-0.05, 0) is 211 Å². The lowest BCUT2D eigenvalue weighted by molar-refractivity contribution is 0.568. The quantitative estimate of drug-likeness (QED) is 0.126. The maximum Gasteiger partial charge on any atom is 0.252 e. The Labute approximate surface area is 666 Å².